The number of carbonyl (C=O) groups is 1. The van der Waals surface area contributed by atoms with Crippen LogP contribution in [0, 0.1) is 0 Å². The summed E-state index contributed by atoms with van der Waals surface area (Å²) in [6, 6.07) is -0.552. The molecule has 1 aliphatic rings. The van der Waals surface area contributed by atoms with Gasteiger partial charge in [0.05, 0.1) is 12.4 Å². The molecule has 7 nitrogen and oxygen atoms in total. The second-order valence-corrected chi connectivity index (χ2v) is 7.51. The lowest BCUT2D eigenvalue weighted by molar-refractivity contribution is -0.125. The van der Waals surface area contributed by atoms with Gasteiger partial charge in [0.15, 0.2) is 0 Å². The molecule has 0 aromatic heterocycles. The summed E-state index contributed by atoms with van der Waals surface area (Å²) in [6.07, 6.45) is 2.89. The number of amides is 1. The fraction of sp³-hybridized carbons (Fsp3) is 0.929. The Labute approximate surface area is 133 Å². The van der Waals surface area contributed by atoms with Crippen molar-refractivity contribution in [2.45, 2.75) is 38.6 Å². The Balaban J connectivity index is 2.47. The van der Waals surface area contributed by atoms with Crippen LogP contribution in [0.1, 0.15) is 32.6 Å². The molecule has 1 saturated heterocycles. The van der Waals surface area contributed by atoms with E-state index in [1.807, 2.05) is 6.92 Å². The number of ether oxygens (including phenoxy) is 1. The van der Waals surface area contributed by atoms with Crippen molar-refractivity contribution < 1.29 is 17.9 Å². The summed E-state index contributed by atoms with van der Waals surface area (Å²) < 4.78 is 30.8. The first-order valence-corrected chi connectivity index (χ1v) is 9.60. The van der Waals surface area contributed by atoms with E-state index in [1.54, 1.807) is 7.11 Å². The number of piperidine rings is 1. The molecule has 1 amide bonds. The van der Waals surface area contributed by atoms with Crippen LogP contribution >= 0.6 is 0 Å². The Bertz CT molecular complexity index is 428. The highest BCUT2D eigenvalue weighted by atomic mass is 32.2. The van der Waals surface area contributed by atoms with E-state index in [4.69, 9.17) is 4.74 Å². The van der Waals surface area contributed by atoms with E-state index in [0.29, 0.717) is 39.1 Å². The first-order valence-electron chi connectivity index (χ1n) is 7.99. The molecule has 2 N–H and O–H groups in total. The van der Waals surface area contributed by atoms with Gasteiger partial charge >= 0.3 is 0 Å². The molecule has 1 heterocycles. The zero-order valence-corrected chi connectivity index (χ0v) is 14.5. The van der Waals surface area contributed by atoms with Crippen LogP contribution in [0.25, 0.3) is 0 Å². The molecular formula is C14H29N3O4S. The number of methoxy groups -OCH3 is 1. The Morgan fingerprint density at radius 2 is 2.05 bits per heavy atom. The summed E-state index contributed by atoms with van der Waals surface area (Å²) in [5, 5.41) is 5.96. The molecular weight excluding hydrogens is 306 g/mol. The van der Waals surface area contributed by atoms with Crippen molar-refractivity contribution in [3.8, 4) is 0 Å². The Morgan fingerprint density at radius 3 is 2.73 bits per heavy atom. The van der Waals surface area contributed by atoms with Crippen molar-refractivity contribution in [2.75, 3.05) is 45.6 Å². The summed E-state index contributed by atoms with van der Waals surface area (Å²) in [7, 11) is -1.69. The fourth-order valence-electron chi connectivity index (χ4n) is 2.57. The predicted molar refractivity (Wildman–Crippen MR) is 86.2 cm³/mol. The van der Waals surface area contributed by atoms with E-state index in [-0.39, 0.29) is 11.7 Å². The van der Waals surface area contributed by atoms with Crippen LogP contribution in [-0.4, -0.2) is 70.3 Å². The SMILES string of the molecule is CCCS(=O)(=O)N1CCCCC1C(=O)NCCNCCOC. The molecule has 1 rings (SSSR count). The average Bonchev–Trinajstić information content (AvgIpc) is 2.50. The minimum absolute atomic E-state index is 0.107. The third-order valence-corrected chi connectivity index (χ3v) is 5.74. The van der Waals surface area contributed by atoms with Crippen molar-refractivity contribution in [1.82, 2.24) is 14.9 Å². The first-order chi connectivity index (χ1) is 10.5. The fourth-order valence-corrected chi connectivity index (χ4v) is 4.31. The predicted octanol–water partition coefficient (Wildman–Crippen LogP) is -0.0671. The van der Waals surface area contributed by atoms with Gasteiger partial charge in [0.2, 0.25) is 15.9 Å². The highest BCUT2D eigenvalue weighted by Gasteiger charge is 2.35. The minimum Gasteiger partial charge on any atom is -0.383 e. The largest absolute Gasteiger partial charge is 0.383 e. The number of hydrogen-bond acceptors (Lipinski definition) is 5. The van der Waals surface area contributed by atoms with E-state index in [1.165, 1.54) is 4.31 Å². The number of nitrogens with one attached hydrogen (secondary N) is 2. The third-order valence-electron chi connectivity index (χ3n) is 3.66. The Hall–Kier alpha value is -0.700. The molecule has 0 saturated carbocycles. The highest BCUT2D eigenvalue weighted by Crippen LogP contribution is 2.21. The van der Waals surface area contributed by atoms with Crippen molar-refractivity contribution in [3.63, 3.8) is 0 Å². The summed E-state index contributed by atoms with van der Waals surface area (Å²) in [5.74, 6) is -0.0806. The van der Waals surface area contributed by atoms with Gasteiger partial charge < -0.3 is 15.4 Å². The average molecular weight is 335 g/mol. The molecule has 0 spiro atoms. The lowest BCUT2D eigenvalue weighted by atomic mass is 10.0. The summed E-state index contributed by atoms with van der Waals surface area (Å²) in [6.45, 7) is 4.77. The number of carbonyl (C=O) groups excluding carboxylic acids is 1. The minimum atomic E-state index is -3.33. The van der Waals surface area contributed by atoms with Gasteiger partial charge in [-0.05, 0) is 19.3 Å². The Morgan fingerprint density at radius 1 is 1.27 bits per heavy atom. The van der Waals surface area contributed by atoms with E-state index in [0.717, 1.165) is 19.4 Å². The standard InChI is InChI=1S/C14H29N3O4S/c1-3-12-22(19,20)17-10-5-4-6-13(17)14(18)16-8-7-15-9-11-21-2/h13,15H,3-12H2,1-2H3,(H,16,18). The molecule has 1 unspecified atom stereocenters. The molecule has 1 atom stereocenters. The lowest BCUT2D eigenvalue weighted by Gasteiger charge is -2.33. The molecule has 130 valence electrons. The second kappa shape index (κ2) is 10.1. The molecule has 1 aliphatic heterocycles. The number of hydrogen-bond donors (Lipinski definition) is 2. The number of rotatable bonds is 10. The zero-order valence-electron chi connectivity index (χ0n) is 13.6. The van der Waals surface area contributed by atoms with Crippen LogP contribution in [0.3, 0.4) is 0 Å². The molecule has 0 radical (unpaired) electrons. The zero-order chi connectivity index (χ0) is 16.4. The van der Waals surface area contributed by atoms with Gasteiger partial charge in [0.25, 0.3) is 0 Å². The van der Waals surface area contributed by atoms with Gasteiger partial charge in [0.1, 0.15) is 6.04 Å². The van der Waals surface area contributed by atoms with Gasteiger partial charge in [-0.25, -0.2) is 8.42 Å². The van der Waals surface area contributed by atoms with E-state index in [9.17, 15) is 13.2 Å². The second-order valence-electron chi connectivity index (χ2n) is 5.47. The van der Waals surface area contributed by atoms with Crippen molar-refractivity contribution in [1.29, 1.82) is 0 Å². The van der Waals surface area contributed by atoms with Gasteiger partial charge in [-0.3, -0.25) is 4.79 Å². The smallest absolute Gasteiger partial charge is 0.238 e. The maximum atomic E-state index is 12.3. The van der Waals surface area contributed by atoms with Gasteiger partial charge in [-0.1, -0.05) is 13.3 Å². The topological polar surface area (TPSA) is 87.7 Å². The molecule has 0 aromatic carbocycles. The third kappa shape index (κ3) is 6.20. The van der Waals surface area contributed by atoms with Crippen LogP contribution in [-0.2, 0) is 19.6 Å². The van der Waals surface area contributed by atoms with E-state index in [2.05, 4.69) is 10.6 Å². The summed E-state index contributed by atoms with van der Waals surface area (Å²) >= 11 is 0. The number of sulfonamides is 1. The van der Waals surface area contributed by atoms with Gasteiger partial charge in [-0.15, -0.1) is 0 Å². The molecule has 1 fully saturated rings. The monoisotopic (exact) mass is 335 g/mol. The van der Waals surface area contributed by atoms with Crippen LogP contribution in [0.2, 0.25) is 0 Å². The van der Waals surface area contributed by atoms with Crippen LogP contribution in [0.5, 0.6) is 0 Å². The summed E-state index contributed by atoms with van der Waals surface area (Å²) in [4.78, 5) is 12.3. The highest BCUT2D eigenvalue weighted by molar-refractivity contribution is 7.89. The van der Waals surface area contributed by atoms with E-state index >= 15 is 0 Å². The molecule has 22 heavy (non-hydrogen) atoms. The van der Waals surface area contributed by atoms with E-state index < -0.39 is 16.1 Å². The Kier molecular flexibility index (Phi) is 8.92. The maximum Gasteiger partial charge on any atom is 0.238 e. The molecule has 0 bridgehead atoms. The maximum absolute atomic E-state index is 12.3. The van der Waals surface area contributed by atoms with Crippen molar-refractivity contribution in [3.05, 3.63) is 0 Å². The molecule has 0 aliphatic carbocycles. The van der Waals surface area contributed by atoms with Crippen molar-refractivity contribution >= 4 is 15.9 Å². The molecule has 8 heteroatoms. The summed E-state index contributed by atoms with van der Waals surface area (Å²) in [5.41, 5.74) is 0. The van der Waals surface area contributed by atoms with Crippen LogP contribution in [0.15, 0.2) is 0 Å². The quantitative estimate of drug-likeness (QED) is 0.546. The lowest BCUT2D eigenvalue weighted by Crippen LogP contribution is -2.53. The van der Waals surface area contributed by atoms with Crippen LogP contribution < -0.4 is 10.6 Å². The van der Waals surface area contributed by atoms with Gasteiger partial charge in [-0.2, -0.15) is 4.31 Å². The van der Waals surface area contributed by atoms with Gasteiger partial charge in [0, 0.05) is 33.3 Å². The first kappa shape index (κ1) is 19.3. The normalized spacial score (nSPS) is 20.0. The van der Waals surface area contributed by atoms with Crippen LogP contribution in [0.4, 0.5) is 0 Å². The molecule has 0 aromatic rings. The van der Waals surface area contributed by atoms with Crippen molar-refractivity contribution in [2.24, 2.45) is 0 Å². The number of nitrogens with zero attached hydrogens (tertiary/aromatic N) is 1.